The molecule has 1 aromatic heterocycles. The molecule has 0 radical (unpaired) electrons. The van der Waals surface area contributed by atoms with Crippen molar-refractivity contribution in [1.82, 2.24) is 9.97 Å². The summed E-state index contributed by atoms with van der Waals surface area (Å²) in [6.45, 7) is 0. The molecule has 0 N–H and O–H groups in total. The molecule has 0 amide bonds. The summed E-state index contributed by atoms with van der Waals surface area (Å²) in [6, 6.07) is 0. The number of nitrogens with zero attached hydrogens (tertiary/aromatic N) is 2. The van der Waals surface area contributed by atoms with Crippen molar-refractivity contribution in [3.8, 4) is 0 Å². The molecule has 2 nitrogen and oxygen atoms in total. The number of hydrogen-bond acceptors (Lipinski definition) is 2. The fourth-order valence-corrected chi connectivity index (χ4v) is 1.84. The van der Waals surface area contributed by atoms with E-state index in [1.54, 1.807) is 12.4 Å². The summed E-state index contributed by atoms with van der Waals surface area (Å²) in [5.74, 6) is 0. The maximum absolute atomic E-state index is 4.23. The molecule has 0 saturated carbocycles. The molecule has 1 heterocycles. The Kier molecular flexibility index (Phi) is 1.45. The van der Waals surface area contributed by atoms with Gasteiger partial charge in [-0.2, -0.15) is 0 Å². The molecule has 10 heavy (non-hydrogen) atoms. The standard InChI is InChI=1S/C7H7BrN2/c8-5-1-2-6-7(5)10-4-3-9-6/h3-5H,1-2H2. The molecule has 52 valence electrons. The molecule has 1 aliphatic carbocycles. The number of aromatic nitrogens is 2. The molecule has 1 aromatic rings. The highest BCUT2D eigenvalue weighted by Crippen LogP contribution is 2.34. The minimum absolute atomic E-state index is 0.441. The van der Waals surface area contributed by atoms with Crippen molar-refractivity contribution in [2.45, 2.75) is 17.7 Å². The van der Waals surface area contributed by atoms with E-state index in [2.05, 4.69) is 25.9 Å². The van der Waals surface area contributed by atoms with Crippen LogP contribution in [0.3, 0.4) is 0 Å². The van der Waals surface area contributed by atoms with E-state index in [0.29, 0.717) is 4.83 Å². The Bertz CT molecular complexity index is 249. The van der Waals surface area contributed by atoms with Crippen LogP contribution in [0.5, 0.6) is 0 Å². The van der Waals surface area contributed by atoms with Crippen LogP contribution in [0.15, 0.2) is 12.4 Å². The zero-order chi connectivity index (χ0) is 6.97. The van der Waals surface area contributed by atoms with E-state index in [-0.39, 0.29) is 0 Å². The first-order valence-corrected chi connectivity index (χ1v) is 4.23. The lowest BCUT2D eigenvalue weighted by Gasteiger charge is -1.97. The molecule has 0 fully saturated rings. The Balaban J connectivity index is 2.51. The van der Waals surface area contributed by atoms with E-state index in [0.717, 1.165) is 24.2 Å². The van der Waals surface area contributed by atoms with E-state index in [4.69, 9.17) is 0 Å². The van der Waals surface area contributed by atoms with Crippen LogP contribution < -0.4 is 0 Å². The van der Waals surface area contributed by atoms with Gasteiger partial charge in [-0.15, -0.1) is 0 Å². The van der Waals surface area contributed by atoms with Gasteiger partial charge < -0.3 is 0 Å². The van der Waals surface area contributed by atoms with Crippen LogP contribution >= 0.6 is 15.9 Å². The van der Waals surface area contributed by atoms with Gasteiger partial charge in [0.05, 0.1) is 16.2 Å². The van der Waals surface area contributed by atoms with Crippen molar-refractivity contribution in [1.29, 1.82) is 0 Å². The third-order valence-corrected chi connectivity index (χ3v) is 2.63. The van der Waals surface area contributed by atoms with Crippen molar-refractivity contribution in [3.63, 3.8) is 0 Å². The Labute approximate surface area is 67.8 Å². The summed E-state index contributed by atoms with van der Waals surface area (Å²) in [7, 11) is 0. The second-order valence-corrected chi connectivity index (χ2v) is 3.50. The second-order valence-electron chi connectivity index (χ2n) is 2.39. The highest BCUT2D eigenvalue weighted by Gasteiger charge is 2.21. The number of fused-ring (bicyclic) bond motifs is 1. The minimum atomic E-state index is 0.441. The summed E-state index contributed by atoms with van der Waals surface area (Å²) in [5.41, 5.74) is 2.28. The smallest absolute Gasteiger partial charge is 0.0755 e. The number of rotatable bonds is 0. The van der Waals surface area contributed by atoms with Gasteiger partial charge in [-0.05, 0) is 12.8 Å². The van der Waals surface area contributed by atoms with Gasteiger partial charge in [-0.1, -0.05) is 15.9 Å². The molecule has 1 atom stereocenters. The third-order valence-electron chi connectivity index (χ3n) is 1.74. The van der Waals surface area contributed by atoms with Gasteiger partial charge in [0.2, 0.25) is 0 Å². The zero-order valence-electron chi connectivity index (χ0n) is 5.42. The van der Waals surface area contributed by atoms with Crippen LogP contribution in [0.25, 0.3) is 0 Å². The Morgan fingerprint density at radius 3 is 3.00 bits per heavy atom. The third kappa shape index (κ3) is 0.850. The normalized spacial score (nSPS) is 22.7. The van der Waals surface area contributed by atoms with E-state index in [1.165, 1.54) is 0 Å². The largest absolute Gasteiger partial charge is 0.258 e. The van der Waals surface area contributed by atoms with Crippen LogP contribution in [0, 0.1) is 0 Å². The van der Waals surface area contributed by atoms with Gasteiger partial charge in [-0.25, -0.2) is 0 Å². The van der Waals surface area contributed by atoms with Crippen LogP contribution in [-0.4, -0.2) is 9.97 Å². The van der Waals surface area contributed by atoms with Crippen LogP contribution in [0.1, 0.15) is 22.6 Å². The lowest BCUT2D eigenvalue weighted by molar-refractivity contribution is 0.886. The average molecular weight is 199 g/mol. The molecule has 0 aromatic carbocycles. The van der Waals surface area contributed by atoms with Gasteiger partial charge in [-0.3, -0.25) is 9.97 Å². The monoisotopic (exact) mass is 198 g/mol. The summed E-state index contributed by atoms with van der Waals surface area (Å²) in [6.07, 6.45) is 5.71. The van der Waals surface area contributed by atoms with Crippen LogP contribution in [-0.2, 0) is 6.42 Å². The van der Waals surface area contributed by atoms with Gasteiger partial charge in [0, 0.05) is 12.4 Å². The van der Waals surface area contributed by atoms with Gasteiger partial charge in [0.1, 0.15) is 0 Å². The first-order chi connectivity index (χ1) is 4.88. The molecule has 2 rings (SSSR count). The van der Waals surface area contributed by atoms with Crippen LogP contribution in [0.2, 0.25) is 0 Å². The quantitative estimate of drug-likeness (QED) is 0.596. The Morgan fingerprint density at radius 2 is 2.20 bits per heavy atom. The molecule has 1 unspecified atom stereocenters. The van der Waals surface area contributed by atoms with Crippen molar-refractivity contribution < 1.29 is 0 Å². The van der Waals surface area contributed by atoms with Gasteiger partial charge >= 0.3 is 0 Å². The number of halogens is 1. The lowest BCUT2D eigenvalue weighted by Crippen LogP contribution is -1.90. The summed E-state index contributed by atoms with van der Waals surface area (Å²) < 4.78 is 0. The Hall–Kier alpha value is -0.440. The topological polar surface area (TPSA) is 25.8 Å². The number of aryl methyl sites for hydroxylation is 1. The summed E-state index contributed by atoms with van der Waals surface area (Å²) >= 11 is 3.53. The van der Waals surface area contributed by atoms with Gasteiger partial charge in [0.15, 0.2) is 0 Å². The Morgan fingerprint density at radius 1 is 1.40 bits per heavy atom. The van der Waals surface area contributed by atoms with E-state index >= 15 is 0 Å². The predicted molar refractivity (Wildman–Crippen MR) is 42.0 cm³/mol. The lowest BCUT2D eigenvalue weighted by atomic mass is 10.4. The molecule has 0 bridgehead atoms. The minimum Gasteiger partial charge on any atom is -0.258 e. The van der Waals surface area contributed by atoms with Crippen LogP contribution in [0.4, 0.5) is 0 Å². The fraction of sp³-hybridized carbons (Fsp3) is 0.429. The summed E-state index contributed by atoms with van der Waals surface area (Å²) in [4.78, 5) is 8.89. The van der Waals surface area contributed by atoms with E-state index in [9.17, 15) is 0 Å². The first kappa shape index (κ1) is 6.28. The average Bonchev–Trinajstić information content (AvgIpc) is 2.34. The molecule has 3 heteroatoms. The van der Waals surface area contributed by atoms with Gasteiger partial charge in [0.25, 0.3) is 0 Å². The van der Waals surface area contributed by atoms with Crippen molar-refractivity contribution in [3.05, 3.63) is 23.8 Å². The van der Waals surface area contributed by atoms with E-state index in [1.807, 2.05) is 0 Å². The van der Waals surface area contributed by atoms with Crippen molar-refractivity contribution >= 4 is 15.9 Å². The molecular weight excluding hydrogens is 192 g/mol. The molecule has 1 aliphatic rings. The molecule has 0 saturated heterocycles. The molecule has 0 spiro atoms. The van der Waals surface area contributed by atoms with E-state index < -0.39 is 0 Å². The zero-order valence-corrected chi connectivity index (χ0v) is 7.00. The fourth-order valence-electron chi connectivity index (χ4n) is 1.23. The number of hydrogen-bond donors (Lipinski definition) is 0. The maximum Gasteiger partial charge on any atom is 0.0755 e. The first-order valence-electron chi connectivity index (χ1n) is 3.32. The highest BCUT2D eigenvalue weighted by molar-refractivity contribution is 9.09. The maximum atomic E-state index is 4.23. The SMILES string of the molecule is BrC1CCc2nccnc21. The van der Waals surface area contributed by atoms with Crippen molar-refractivity contribution in [2.24, 2.45) is 0 Å². The molecular formula is C7H7BrN2. The predicted octanol–water partition coefficient (Wildman–Crippen LogP) is 1.86. The number of alkyl halides is 1. The van der Waals surface area contributed by atoms with Crippen molar-refractivity contribution in [2.75, 3.05) is 0 Å². The summed E-state index contributed by atoms with van der Waals surface area (Å²) in [5, 5.41) is 0. The molecule has 0 aliphatic heterocycles. The second kappa shape index (κ2) is 2.31. The highest BCUT2D eigenvalue weighted by atomic mass is 79.9.